The number of amides is 2. The Morgan fingerprint density at radius 3 is 2.29 bits per heavy atom. The first-order chi connectivity index (χ1) is 14.9. The number of hydrogen-bond donors (Lipinski definition) is 1. The average Bonchev–Trinajstić information content (AvgIpc) is 2.77. The molecule has 166 valence electrons. The van der Waals surface area contributed by atoms with Crippen LogP contribution in [0.2, 0.25) is 0 Å². The highest BCUT2D eigenvalue weighted by Gasteiger charge is 2.15. The summed E-state index contributed by atoms with van der Waals surface area (Å²) in [5, 5.41) is 2.48. The van der Waals surface area contributed by atoms with Gasteiger partial charge in [0.2, 0.25) is 0 Å². The van der Waals surface area contributed by atoms with E-state index in [2.05, 4.69) is 5.32 Å². The number of rotatable bonds is 11. The van der Waals surface area contributed by atoms with E-state index in [0.29, 0.717) is 36.8 Å². The van der Waals surface area contributed by atoms with Gasteiger partial charge in [-0.2, -0.15) is 0 Å². The zero-order valence-corrected chi connectivity index (χ0v) is 18.1. The summed E-state index contributed by atoms with van der Waals surface area (Å²) in [5.74, 6) is -0.513. The van der Waals surface area contributed by atoms with Crippen LogP contribution in [0.3, 0.4) is 0 Å². The van der Waals surface area contributed by atoms with Gasteiger partial charge in [-0.3, -0.25) is 14.4 Å². The molecule has 2 aromatic carbocycles. The fourth-order valence-electron chi connectivity index (χ4n) is 2.70. The molecule has 2 amide bonds. The third kappa shape index (κ3) is 7.65. The lowest BCUT2D eigenvalue weighted by molar-refractivity contribution is -0.150. The number of carbonyl (C=O) groups is 3. The molecule has 0 radical (unpaired) electrons. The number of hydrogen-bond acceptors (Lipinski definition) is 6. The minimum atomic E-state index is -0.703. The average molecular weight is 428 g/mol. The first-order valence-corrected chi connectivity index (χ1v) is 10.1. The van der Waals surface area contributed by atoms with Gasteiger partial charge in [-0.05, 0) is 37.6 Å². The Bertz CT molecular complexity index is 885. The lowest BCUT2D eigenvalue weighted by Crippen LogP contribution is -2.34. The summed E-state index contributed by atoms with van der Waals surface area (Å²) in [6, 6.07) is 14.3. The highest BCUT2D eigenvalue weighted by molar-refractivity contribution is 5.96. The molecule has 0 aliphatic rings. The molecular formula is C23H28N2O6. The van der Waals surface area contributed by atoms with Gasteiger partial charge in [0.15, 0.2) is 18.1 Å². The maximum Gasteiger partial charge on any atom is 0.325 e. The van der Waals surface area contributed by atoms with Gasteiger partial charge in [0.05, 0.1) is 13.2 Å². The fraction of sp³-hybridized carbons (Fsp3) is 0.348. The summed E-state index contributed by atoms with van der Waals surface area (Å²) >= 11 is 0. The first-order valence-electron chi connectivity index (χ1n) is 10.1. The van der Waals surface area contributed by atoms with Crippen LogP contribution in [0.1, 0.15) is 29.8 Å². The zero-order chi connectivity index (χ0) is 22.6. The molecule has 8 heteroatoms. The van der Waals surface area contributed by atoms with Gasteiger partial charge >= 0.3 is 5.97 Å². The van der Waals surface area contributed by atoms with Crippen LogP contribution in [0, 0.1) is 0 Å². The van der Waals surface area contributed by atoms with Crippen molar-refractivity contribution in [1.82, 2.24) is 10.2 Å². The zero-order valence-electron chi connectivity index (χ0n) is 18.1. The van der Waals surface area contributed by atoms with Crippen molar-refractivity contribution in [3.8, 4) is 11.5 Å². The van der Waals surface area contributed by atoms with Gasteiger partial charge in [0.1, 0.15) is 6.54 Å². The third-order valence-corrected chi connectivity index (χ3v) is 4.24. The summed E-state index contributed by atoms with van der Waals surface area (Å²) in [7, 11) is 1.63. The molecule has 0 aliphatic heterocycles. The molecule has 0 aromatic heterocycles. The first kappa shape index (κ1) is 23.7. The molecule has 0 spiro atoms. The Labute approximate surface area is 182 Å². The van der Waals surface area contributed by atoms with Crippen LogP contribution in [0.25, 0.3) is 0 Å². The second kappa shape index (κ2) is 12.2. The maximum absolute atomic E-state index is 12.3. The summed E-state index contributed by atoms with van der Waals surface area (Å²) in [4.78, 5) is 37.9. The quantitative estimate of drug-likeness (QED) is 0.553. The number of nitrogens with one attached hydrogen (secondary N) is 1. The van der Waals surface area contributed by atoms with E-state index in [1.807, 2.05) is 44.2 Å². The number of nitrogens with zero attached hydrogens (tertiary/aromatic N) is 1. The van der Waals surface area contributed by atoms with Gasteiger partial charge in [-0.25, -0.2) is 0 Å². The summed E-state index contributed by atoms with van der Waals surface area (Å²) in [5.41, 5.74) is 1.29. The molecule has 2 aromatic rings. The SMILES string of the molecule is CCOc1ccc(C(=O)NCC(=O)OCC(=O)N(C)Cc2ccccc2)cc1OCC. The Kier molecular flexibility index (Phi) is 9.35. The van der Waals surface area contributed by atoms with E-state index >= 15 is 0 Å². The van der Waals surface area contributed by atoms with Crippen molar-refractivity contribution in [2.45, 2.75) is 20.4 Å². The summed E-state index contributed by atoms with van der Waals surface area (Å²) in [6.07, 6.45) is 0. The van der Waals surface area contributed by atoms with E-state index < -0.39 is 18.5 Å². The Hall–Kier alpha value is -3.55. The minimum absolute atomic E-state index is 0.318. The lowest BCUT2D eigenvalue weighted by atomic mass is 10.2. The van der Waals surface area contributed by atoms with Crippen LogP contribution in [0.5, 0.6) is 11.5 Å². The molecule has 0 saturated carbocycles. The monoisotopic (exact) mass is 428 g/mol. The van der Waals surface area contributed by atoms with Crippen molar-refractivity contribution in [2.24, 2.45) is 0 Å². The fourth-order valence-corrected chi connectivity index (χ4v) is 2.70. The standard InChI is InChI=1S/C23H28N2O6/c1-4-29-19-12-11-18(13-20(19)30-5-2)23(28)24-14-22(27)31-16-21(26)25(3)15-17-9-7-6-8-10-17/h6-13H,4-5,14-16H2,1-3H3,(H,24,28). The van der Waals surface area contributed by atoms with Crippen molar-refractivity contribution in [3.63, 3.8) is 0 Å². The number of carbonyl (C=O) groups excluding carboxylic acids is 3. The molecular weight excluding hydrogens is 400 g/mol. The number of esters is 1. The number of ether oxygens (including phenoxy) is 3. The number of likely N-dealkylation sites (N-methyl/N-ethyl adjacent to an activating group) is 1. The van der Waals surface area contributed by atoms with Crippen LogP contribution >= 0.6 is 0 Å². The minimum Gasteiger partial charge on any atom is -0.490 e. The summed E-state index contributed by atoms with van der Waals surface area (Å²) in [6.45, 7) is 4.24. The lowest BCUT2D eigenvalue weighted by Gasteiger charge is -2.17. The van der Waals surface area contributed by atoms with Crippen molar-refractivity contribution in [1.29, 1.82) is 0 Å². The van der Waals surface area contributed by atoms with Gasteiger partial charge in [0, 0.05) is 19.2 Å². The van der Waals surface area contributed by atoms with Crippen LogP contribution in [0.15, 0.2) is 48.5 Å². The molecule has 0 atom stereocenters. The van der Waals surface area contributed by atoms with Gasteiger partial charge in [-0.15, -0.1) is 0 Å². The molecule has 8 nitrogen and oxygen atoms in total. The van der Waals surface area contributed by atoms with E-state index in [9.17, 15) is 14.4 Å². The van der Waals surface area contributed by atoms with Crippen LogP contribution in [0.4, 0.5) is 0 Å². The maximum atomic E-state index is 12.3. The van der Waals surface area contributed by atoms with Crippen molar-refractivity contribution < 1.29 is 28.6 Å². The summed E-state index contributed by atoms with van der Waals surface area (Å²) < 4.78 is 15.9. The van der Waals surface area contributed by atoms with Crippen LogP contribution < -0.4 is 14.8 Å². The van der Waals surface area contributed by atoms with Crippen molar-refractivity contribution in [3.05, 3.63) is 59.7 Å². The predicted molar refractivity (Wildman–Crippen MR) is 115 cm³/mol. The van der Waals surface area contributed by atoms with E-state index in [1.165, 1.54) is 4.90 Å². The van der Waals surface area contributed by atoms with Gasteiger partial charge in [-0.1, -0.05) is 30.3 Å². The van der Waals surface area contributed by atoms with E-state index in [0.717, 1.165) is 5.56 Å². The third-order valence-electron chi connectivity index (χ3n) is 4.24. The topological polar surface area (TPSA) is 94.2 Å². The molecule has 0 heterocycles. The highest BCUT2D eigenvalue weighted by Crippen LogP contribution is 2.28. The van der Waals surface area contributed by atoms with E-state index in [1.54, 1.807) is 25.2 Å². The van der Waals surface area contributed by atoms with Gasteiger partial charge in [0.25, 0.3) is 11.8 Å². The van der Waals surface area contributed by atoms with Crippen LogP contribution in [-0.2, 0) is 20.9 Å². The molecule has 0 fully saturated rings. The second-order valence-corrected chi connectivity index (χ2v) is 6.61. The highest BCUT2D eigenvalue weighted by atomic mass is 16.5. The Balaban J connectivity index is 1.80. The smallest absolute Gasteiger partial charge is 0.325 e. The predicted octanol–water partition coefficient (Wildman–Crippen LogP) is 2.42. The largest absolute Gasteiger partial charge is 0.490 e. The molecule has 0 saturated heterocycles. The molecule has 31 heavy (non-hydrogen) atoms. The Morgan fingerprint density at radius 2 is 1.61 bits per heavy atom. The number of benzene rings is 2. The van der Waals surface area contributed by atoms with Crippen molar-refractivity contribution in [2.75, 3.05) is 33.4 Å². The van der Waals surface area contributed by atoms with Crippen LogP contribution in [-0.4, -0.2) is 56.1 Å². The van der Waals surface area contributed by atoms with Crippen molar-refractivity contribution >= 4 is 17.8 Å². The van der Waals surface area contributed by atoms with E-state index in [4.69, 9.17) is 14.2 Å². The molecule has 2 rings (SSSR count). The van der Waals surface area contributed by atoms with E-state index in [-0.39, 0.29) is 12.5 Å². The Morgan fingerprint density at radius 1 is 0.935 bits per heavy atom. The molecule has 0 aliphatic carbocycles. The normalized spacial score (nSPS) is 10.2. The molecule has 0 unspecified atom stereocenters. The van der Waals surface area contributed by atoms with Gasteiger partial charge < -0.3 is 24.4 Å². The second-order valence-electron chi connectivity index (χ2n) is 6.61. The molecule has 0 bridgehead atoms. The molecule has 1 N–H and O–H groups in total.